The highest BCUT2D eigenvalue weighted by molar-refractivity contribution is 9.09. The lowest BCUT2D eigenvalue weighted by atomic mass is 9.96. The zero-order valence-corrected chi connectivity index (χ0v) is 14.0. The van der Waals surface area contributed by atoms with E-state index in [1.165, 1.54) is 6.26 Å². The molecule has 1 unspecified atom stereocenters. The Labute approximate surface area is 120 Å². The molecule has 18 heavy (non-hydrogen) atoms. The molecule has 0 aromatic carbocycles. The average Bonchev–Trinajstić information content (AvgIpc) is 2.26. The minimum absolute atomic E-state index is 0.108. The number of rotatable bonds is 6. The number of alkyl halides is 1. The van der Waals surface area contributed by atoms with Crippen molar-refractivity contribution in [2.75, 3.05) is 31.2 Å². The lowest BCUT2D eigenvalue weighted by Gasteiger charge is -2.34. The van der Waals surface area contributed by atoms with E-state index >= 15 is 0 Å². The van der Waals surface area contributed by atoms with Gasteiger partial charge in [0.1, 0.15) is 0 Å². The third kappa shape index (κ3) is 5.55. The van der Waals surface area contributed by atoms with Crippen LogP contribution < -0.4 is 5.32 Å². The summed E-state index contributed by atoms with van der Waals surface area (Å²) in [5, 5.41) is 4.53. The Morgan fingerprint density at radius 3 is 2.67 bits per heavy atom. The number of nitrogens with one attached hydrogen (secondary N) is 1. The molecule has 1 atom stereocenters. The van der Waals surface area contributed by atoms with Gasteiger partial charge in [0.2, 0.25) is 10.0 Å². The second-order valence-electron chi connectivity index (χ2n) is 5.83. The number of hydrogen-bond donors (Lipinski definition) is 1. The van der Waals surface area contributed by atoms with Crippen molar-refractivity contribution < 1.29 is 8.42 Å². The maximum absolute atomic E-state index is 11.5. The zero-order valence-electron chi connectivity index (χ0n) is 11.6. The molecule has 0 aliphatic carbocycles. The second kappa shape index (κ2) is 6.68. The first-order valence-electron chi connectivity index (χ1n) is 6.51. The third-order valence-corrected chi connectivity index (χ3v) is 5.21. The summed E-state index contributed by atoms with van der Waals surface area (Å²) in [6.45, 7) is 6.61. The highest BCUT2D eigenvalue weighted by Gasteiger charge is 2.27. The van der Waals surface area contributed by atoms with Gasteiger partial charge in [0.05, 0.1) is 6.26 Å². The van der Waals surface area contributed by atoms with Crippen LogP contribution in [0, 0.1) is 5.92 Å². The summed E-state index contributed by atoms with van der Waals surface area (Å²) < 4.78 is 24.7. The monoisotopic (exact) mass is 340 g/mol. The van der Waals surface area contributed by atoms with E-state index in [4.69, 9.17) is 0 Å². The molecule has 108 valence electrons. The fraction of sp³-hybridized carbons (Fsp3) is 1.00. The Morgan fingerprint density at radius 2 is 2.11 bits per heavy atom. The van der Waals surface area contributed by atoms with E-state index in [1.807, 2.05) is 0 Å². The predicted molar refractivity (Wildman–Crippen MR) is 79.6 cm³/mol. The number of hydrogen-bond acceptors (Lipinski definition) is 3. The van der Waals surface area contributed by atoms with Crippen molar-refractivity contribution in [3.05, 3.63) is 0 Å². The molecule has 1 fully saturated rings. The maximum Gasteiger partial charge on any atom is 0.211 e. The van der Waals surface area contributed by atoms with Crippen molar-refractivity contribution >= 4 is 26.0 Å². The van der Waals surface area contributed by atoms with E-state index in [0.29, 0.717) is 19.0 Å². The van der Waals surface area contributed by atoms with Crippen LogP contribution in [0.15, 0.2) is 0 Å². The van der Waals surface area contributed by atoms with Gasteiger partial charge in [-0.3, -0.25) is 0 Å². The fourth-order valence-corrected chi connectivity index (χ4v) is 4.17. The highest BCUT2D eigenvalue weighted by Crippen LogP contribution is 2.19. The normalized spacial score (nSPS) is 23.2. The van der Waals surface area contributed by atoms with E-state index in [-0.39, 0.29) is 5.54 Å². The summed E-state index contributed by atoms with van der Waals surface area (Å²) >= 11 is 3.46. The standard InChI is InChI=1S/C12H25BrN2O2S/c1-12(2,6-7-13)14-9-11-5-4-8-15(10-11)18(3,16)17/h11,14H,4-10H2,1-3H3. The van der Waals surface area contributed by atoms with Gasteiger partial charge in [-0.2, -0.15) is 0 Å². The van der Waals surface area contributed by atoms with Crippen LogP contribution in [-0.2, 0) is 10.0 Å². The largest absolute Gasteiger partial charge is 0.311 e. The van der Waals surface area contributed by atoms with Crippen LogP contribution in [0.25, 0.3) is 0 Å². The van der Waals surface area contributed by atoms with E-state index in [1.54, 1.807) is 4.31 Å². The minimum Gasteiger partial charge on any atom is -0.311 e. The van der Waals surface area contributed by atoms with Crippen LogP contribution in [0.4, 0.5) is 0 Å². The molecule has 0 saturated carbocycles. The topological polar surface area (TPSA) is 49.4 Å². The molecule has 4 nitrogen and oxygen atoms in total. The van der Waals surface area contributed by atoms with Gasteiger partial charge in [-0.25, -0.2) is 12.7 Å². The van der Waals surface area contributed by atoms with E-state index in [2.05, 4.69) is 35.1 Å². The Balaban J connectivity index is 2.44. The first kappa shape index (κ1) is 16.4. The van der Waals surface area contributed by atoms with Gasteiger partial charge in [0.15, 0.2) is 0 Å². The molecule has 0 radical (unpaired) electrons. The third-order valence-electron chi connectivity index (χ3n) is 3.54. The SMILES string of the molecule is CC(C)(CCBr)NCC1CCCN(S(C)(=O)=O)C1. The molecule has 0 amide bonds. The average molecular weight is 341 g/mol. The van der Waals surface area contributed by atoms with Gasteiger partial charge in [0.25, 0.3) is 0 Å². The lowest BCUT2D eigenvalue weighted by molar-refractivity contribution is 0.240. The van der Waals surface area contributed by atoms with Crippen molar-refractivity contribution in [3.8, 4) is 0 Å². The number of halogens is 1. The first-order valence-corrected chi connectivity index (χ1v) is 9.48. The predicted octanol–water partition coefficient (Wildman–Crippen LogP) is 1.81. The molecule has 0 aromatic heterocycles. The molecule has 1 saturated heterocycles. The number of piperidine rings is 1. The van der Waals surface area contributed by atoms with Gasteiger partial charge < -0.3 is 5.32 Å². The number of sulfonamides is 1. The Bertz CT molecular complexity index is 357. The van der Waals surface area contributed by atoms with Crippen LogP contribution in [0.5, 0.6) is 0 Å². The Hall–Kier alpha value is 0.350. The van der Waals surface area contributed by atoms with Crippen LogP contribution in [0.1, 0.15) is 33.1 Å². The van der Waals surface area contributed by atoms with Gasteiger partial charge in [0, 0.05) is 24.0 Å². The van der Waals surface area contributed by atoms with Crippen LogP contribution >= 0.6 is 15.9 Å². The van der Waals surface area contributed by atoms with Crippen molar-refractivity contribution in [1.29, 1.82) is 0 Å². The summed E-state index contributed by atoms with van der Waals surface area (Å²) in [5.74, 6) is 0.433. The molecular formula is C12H25BrN2O2S. The van der Waals surface area contributed by atoms with Crippen molar-refractivity contribution in [1.82, 2.24) is 9.62 Å². The van der Waals surface area contributed by atoms with Crippen molar-refractivity contribution in [2.45, 2.75) is 38.6 Å². The molecule has 1 rings (SSSR count). The van der Waals surface area contributed by atoms with Crippen LogP contribution in [0.3, 0.4) is 0 Å². The summed E-state index contributed by atoms with van der Waals surface area (Å²) in [6, 6.07) is 0. The van der Waals surface area contributed by atoms with Gasteiger partial charge in [-0.05, 0) is 45.6 Å². The zero-order chi connectivity index (χ0) is 13.8. The van der Waals surface area contributed by atoms with Crippen LogP contribution in [-0.4, -0.2) is 49.5 Å². The fourth-order valence-electron chi connectivity index (χ4n) is 2.24. The number of nitrogens with zero attached hydrogens (tertiary/aromatic N) is 1. The molecule has 1 N–H and O–H groups in total. The van der Waals surface area contributed by atoms with E-state index in [9.17, 15) is 8.42 Å². The van der Waals surface area contributed by atoms with Crippen molar-refractivity contribution in [3.63, 3.8) is 0 Å². The quantitative estimate of drug-likeness (QED) is 0.750. The van der Waals surface area contributed by atoms with Gasteiger partial charge in [-0.15, -0.1) is 0 Å². The summed E-state index contributed by atoms with van der Waals surface area (Å²) in [6.07, 6.45) is 4.45. The first-order chi connectivity index (χ1) is 8.24. The molecule has 0 aromatic rings. The van der Waals surface area contributed by atoms with Crippen molar-refractivity contribution in [2.24, 2.45) is 5.92 Å². The van der Waals surface area contributed by atoms with Gasteiger partial charge >= 0.3 is 0 Å². The summed E-state index contributed by atoms with van der Waals surface area (Å²) in [4.78, 5) is 0. The van der Waals surface area contributed by atoms with E-state index in [0.717, 1.165) is 31.1 Å². The lowest BCUT2D eigenvalue weighted by Crippen LogP contribution is -2.47. The molecule has 0 bridgehead atoms. The molecule has 1 aliphatic heterocycles. The second-order valence-corrected chi connectivity index (χ2v) is 8.61. The summed E-state index contributed by atoms with van der Waals surface area (Å²) in [5.41, 5.74) is 0.108. The summed E-state index contributed by atoms with van der Waals surface area (Å²) in [7, 11) is -3.02. The Kier molecular flexibility index (Phi) is 6.09. The molecule has 1 aliphatic rings. The van der Waals surface area contributed by atoms with E-state index < -0.39 is 10.0 Å². The maximum atomic E-state index is 11.5. The van der Waals surface area contributed by atoms with Gasteiger partial charge in [-0.1, -0.05) is 15.9 Å². The Morgan fingerprint density at radius 1 is 1.44 bits per heavy atom. The van der Waals surface area contributed by atoms with Crippen LogP contribution in [0.2, 0.25) is 0 Å². The molecular weight excluding hydrogens is 316 g/mol. The highest BCUT2D eigenvalue weighted by atomic mass is 79.9. The molecule has 0 spiro atoms. The molecule has 6 heteroatoms. The minimum atomic E-state index is -3.02. The smallest absolute Gasteiger partial charge is 0.211 e. The molecule has 1 heterocycles.